The lowest BCUT2D eigenvalue weighted by molar-refractivity contribution is -0.154. The summed E-state index contributed by atoms with van der Waals surface area (Å²) in [6.45, 7) is 10.8. The number of allylic oxidation sites excluding steroid dienone is 2. The van der Waals surface area contributed by atoms with Crippen LogP contribution < -0.4 is 0 Å². The van der Waals surface area contributed by atoms with Gasteiger partial charge in [-0.25, -0.2) is 4.79 Å². The summed E-state index contributed by atoms with van der Waals surface area (Å²) in [5, 5.41) is 0. The SMILES string of the molecule is C=C(C)C(=O)O[C@H]1CCC2CC(=O)C(C(C)=O)=C[C@]2(C)[C@H]1C. The van der Waals surface area contributed by atoms with E-state index < -0.39 is 0 Å². The van der Waals surface area contributed by atoms with Gasteiger partial charge in [0.2, 0.25) is 0 Å². The Labute approximate surface area is 131 Å². The molecule has 4 atom stereocenters. The quantitative estimate of drug-likeness (QED) is 0.457. The number of ether oxygens (including phenoxy) is 1. The molecule has 22 heavy (non-hydrogen) atoms. The molecule has 0 aromatic heterocycles. The van der Waals surface area contributed by atoms with Crippen molar-refractivity contribution in [2.45, 2.75) is 53.1 Å². The lowest BCUT2D eigenvalue weighted by atomic mass is 9.56. The Bertz CT molecular complexity index is 572. The molecule has 4 heteroatoms. The molecule has 0 N–H and O–H groups in total. The fraction of sp³-hybridized carbons (Fsp3) is 0.611. The molecule has 0 bridgehead atoms. The minimum atomic E-state index is -0.374. The highest BCUT2D eigenvalue weighted by molar-refractivity contribution is 6.19. The van der Waals surface area contributed by atoms with Crippen molar-refractivity contribution in [3.63, 3.8) is 0 Å². The lowest BCUT2D eigenvalue weighted by Crippen LogP contribution is -2.48. The normalized spacial score (nSPS) is 34.5. The number of esters is 1. The van der Waals surface area contributed by atoms with Gasteiger partial charge in [0.15, 0.2) is 11.6 Å². The standard InChI is InChI=1S/C18H24O4/c1-10(2)17(21)22-16-7-6-13-8-15(20)14(12(4)19)9-18(13,5)11(16)3/h9,11,13,16H,1,6-8H2,2-5H3/t11-,13?,16-,18+/m0/s1. The summed E-state index contributed by atoms with van der Waals surface area (Å²) >= 11 is 0. The maximum absolute atomic E-state index is 12.1. The van der Waals surface area contributed by atoms with Crippen LogP contribution in [0.1, 0.15) is 47.0 Å². The van der Waals surface area contributed by atoms with Gasteiger partial charge in [-0.1, -0.05) is 26.5 Å². The van der Waals surface area contributed by atoms with Crippen molar-refractivity contribution in [1.29, 1.82) is 0 Å². The molecule has 120 valence electrons. The molecule has 0 radical (unpaired) electrons. The summed E-state index contributed by atoms with van der Waals surface area (Å²) in [6, 6.07) is 0. The first-order valence-corrected chi connectivity index (χ1v) is 7.80. The van der Waals surface area contributed by atoms with Gasteiger partial charge in [-0.15, -0.1) is 0 Å². The number of rotatable bonds is 3. The van der Waals surface area contributed by atoms with Crippen molar-refractivity contribution in [1.82, 2.24) is 0 Å². The van der Waals surface area contributed by atoms with Crippen molar-refractivity contribution in [2.24, 2.45) is 17.3 Å². The molecule has 0 aromatic rings. The Kier molecular flexibility index (Phi) is 4.41. The van der Waals surface area contributed by atoms with Gasteiger partial charge in [0, 0.05) is 17.9 Å². The molecule has 0 aliphatic heterocycles. The zero-order chi connectivity index (χ0) is 16.7. The number of carbonyl (C=O) groups is 3. The van der Waals surface area contributed by atoms with Crippen LogP contribution in [-0.2, 0) is 19.1 Å². The maximum Gasteiger partial charge on any atom is 0.333 e. The van der Waals surface area contributed by atoms with Crippen LogP contribution in [0.15, 0.2) is 23.8 Å². The molecule has 1 fully saturated rings. The van der Waals surface area contributed by atoms with Crippen LogP contribution in [-0.4, -0.2) is 23.6 Å². The molecule has 2 aliphatic carbocycles. The van der Waals surface area contributed by atoms with Crippen LogP contribution in [0.4, 0.5) is 0 Å². The molecule has 1 unspecified atom stereocenters. The fourth-order valence-corrected chi connectivity index (χ4v) is 3.69. The first kappa shape index (κ1) is 16.7. The first-order valence-electron chi connectivity index (χ1n) is 7.80. The van der Waals surface area contributed by atoms with E-state index in [1.807, 2.05) is 13.0 Å². The third kappa shape index (κ3) is 2.79. The van der Waals surface area contributed by atoms with Crippen molar-refractivity contribution in [3.05, 3.63) is 23.8 Å². The maximum atomic E-state index is 12.1. The first-order chi connectivity index (χ1) is 10.2. The Morgan fingerprint density at radius 3 is 2.50 bits per heavy atom. The van der Waals surface area contributed by atoms with E-state index in [4.69, 9.17) is 4.74 Å². The molecule has 0 spiro atoms. The lowest BCUT2D eigenvalue weighted by Gasteiger charge is -2.49. The molecular formula is C18H24O4. The van der Waals surface area contributed by atoms with Crippen molar-refractivity contribution >= 4 is 17.5 Å². The molecule has 0 amide bonds. The fourth-order valence-electron chi connectivity index (χ4n) is 3.69. The number of ketones is 2. The van der Waals surface area contributed by atoms with Crippen LogP contribution in [0.5, 0.6) is 0 Å². The summed E-state index contributed by atoms with van der Waals surface area (Å²) in [7, 11) is 0. The number of hydrogen-bond donors (Lipinski definition) is 0. The Morgan fingerprint density at radius 2 is 1.95 bits per heavy atom. The summed E-state index contributed by atoms with van der Waals surface area (Å²) in [5.41, 5.74) is 0.392. The predicted octanol–water partition coefficient (Wildman–Crippen LogP) is 3.01. The van der Waals surface area contributed by atoms with Gasteiger partial charge in [-0.3, -0.25) is 9.59 Å². The number of carbonyl (C=O) groups excluding carboxylic acids is 3. The second kappa shape index (κ2) is 5.82. The summed E-state index contributed by atoms with van der Waals surface area (Å²) in [4.78, 5) is 35.6. The second-order valence-corrected chi connectivity index (χ2v) is 6.89. The van der Waals surface area contributed by atoms with E-state index in [9.17, 15) is 14.4 Å². The van der Waals surface area contributed by atoms with E-state index in [0.717, 1.165) is 12.8 Å². The highest BCUT2D eigenvalue weighted by atomic mass is 16.5. The van der Waals surface area contributed by atoms with Crippen LogP contribution in [0.3, 0.4) is 0 Å². The predicted molar refractivity (Wildman–Crippen MR) is 83.1 cm³/mol. The highest BCUT2D eigenvalue weighted by Gasteiger charge is 2.49. The van der Waals surface area contributed by atoms with E-state index in [2.05, 4.69) is 13.5 Å². The molecule has 4 nitrogen and oxygen atoms in total. The molecule has 2 aliphatic rings. The summed E-state index contributed by atoms with van der Waals surface area (Å²) in [5.74, 6) is -0.353. The third-order valence-electron chi connectivity index (χ3n) is 5.39. The van der Waals surface area contributed by atoms with Gasteiger partial charge >= 0.3 is 5.97 Å². The van der Waals surface area contributed by atoms with E-state index in [0.29, 0.717) is 17.6 Å². The number of fused-ring (bicyclic) bond motifs is 1. The molecule has 1 saturated carbocycles. The molecule has 2 rings (SSSR count). The Hall–Kier alpha value is -1.71. The van der Waals surface area contributed by atoms with Gasteiger partial charge in [-0.05, 0) is 38.0 Å². The van der Waals surface area contributed by atoms with E-state index in [1.54, 1.807) is 6.92 Å². The second-order valence-electron chi connectivity index (χ2n) is 6.89. The monoisotopic (exact) mass is 304 g/mol. The van der Waals surface area contributed by atoms with Crippen LogP contribution in [0.2, 0.25) is 0 Å². The minimum Gasteiger partial charge on any atom is -0.459 e. The van der Waals surface area contributed by atoms with Gasteiger partial charge in [0.05, 0.1) is 5.57 Å². The van der Waals surface area contributed by atoms with Crippen LogP contribution >= 0.6 is 0 Å². The van der Waals surface area contributed by atoms with Gasteiger partial charge in [0.25, 0.3) is 0 Å². The molecule has 0 saturated heterocycles. The van der Waals surface area contributed by atoms with Crippen molar-refractivity contribution < 1.29 is 19.1 Å². The average Bonchev–Trinajstić information content (AvgIpc) is 2.43. The average molecular weight is 304 g/mol. The number of Topliss-reactive ketones (excluding diaryl/α,β-unsaturated/α-hetero) is 2. The zero-order valence-electron chi connectivity index (χ0n) is 13.8. The van der Waals surface area contributed by atoms with Gasteiger partial charge in [-0.2, -0.15) is 0 Å². The topological polar surface area (TPSA) is 60.4 Å². The van der Waals surface area contributed by atoms with E-state index in [-0.39, 0.29) is 40.9 Å². The van der Waals surface area contributed by atoms with Crippen LogP contribution in [0, 0.1) is 17.3 Å². The number of hydrogen-bond acceptors (Lipinski definition) is 4. The smallest absolute Gasteiger partial charge is 0.333 e. The van der Waals surface area contributed by atoms with Crippen molar-refractivity contribution in [2.75, 3.05) is 0 Å². The Balaban J connectivity index is 2.30. The summed E-state index contributed by atoms with van der Waals surface area (Å²) in [6.07, 6.45) is 3.60. The van der Waals surface area contributed by atoms with E-state index >= 15 is 0 Å². The molecular weight excluding hydrogens is 280 g/mol. The highest BCUT2D eigenvalue weighted by Crippen LogP contribution is 2.51. The Morgan fingerprint density at radius 1 is 1.32 bits per heavy atom. The third-order valence-corrected chi connectivity index (χ3v) is 5.39. The van der Waals surface area contributed by atoms with Crippen molar-refractivity contribution in [3.8, 4) is 0 Å². The molecule has 0 aromatic carbocycles. The van der Waals surface area contributed by atoms with Crippen LogP contribution in [0.25, 0.3) is 0 Å². The van der Waals surface area contributed by atoms with E-state index in [1.165, 1.54) is 6.92 Å². The van der Waals surface area contributed by atoms with Gasteiger partial charge < -0.3 is 4.74 Å². The molecule has 0 heterocycles. The zero-order valence-corrected chi connectivity index (χ0v) is 13.8. The largest absolute Gasteiger partial charge is 0.459 e. The minimum absolute atomic E-state index is 0.0528. The summed E-state index contributed by atoms with van der Waals surface area (Å²) < 4.78 is 5.56. The van der Waals surface area contributed by atoms with Gasteiger partial charge in [0.1, 0.15) is 6.10 Å².